The van der Waals surface area contributed by atoms with Crippen LogP contribution in [0.5, 0.6) is 0 Å². The molecule has 15 heavy (non-hydrogen) atoms. The molecule has 1 aliphatic rings. The average molecular weight is 212 g/mol. The molecular formula is C12H24N2O. The van der Waals surface area contributed by atoms with Gasteiger partial charge >= 0.3 is 0 Å². The van der Waals surface area contributed by atoms with E-state index in [-0.39, 0.29) is 11.9 Å². The second kappa shape index (κ2) is 6.11. The molecule has 1 fully saturated rings. The maximum absolute atomic E-state index is 11.3. The Labute approximate surface area is 93.0 Å². The Hall–Kier alpha value is -0.570. The zero-order valence-corrected chi connectivity index (χ0v) is 10.2. The number of carbonyl (C=O) groups is 1. The van der Waals surface area contributed by atoms with Gasteiger partial charge in [-0.05, 0) is 38.6 Å². The molecule has 1 saturated carbocycles. The van der Waals surface area contributed by atoms with Gasteiger partial charge in [-0.15, -0.1) is 0 Å². The minimum Gasteiger partial charge on any atom is -0.353 e. The standard InChI is InChI=1S/C12H24N2O/c1-9(2)14-12(15)8-13-7-11-6-4-5-10(11)3/h9-11,13H,4-8H2,1-3H3,(H,14,15). The number of amides is 1. The minimum atomic E-state index is 0.107. The molecule has 0 spiro atoms. The first-order chi connectivity index (χ1) is 7.09. The van der Waals surface area contributed by atoms with Crippen molar-refractivity contribution in [3.05, 3.63) is 0 Å². The van der Waals surface area contributed by atoms with E-state index < -0.39 is 0 Å². The van der Waals surface area contributed by atoms with E-state index in [4.69, 9.17) is 0 Å². The zero-order valence-electron chi connectivity index (χ0n) is 10.2. The Morgan fingerprint density at radius 1 is 1.40 bits per heavy atom. The van der Waals surface area contributed by atoms with Gasteiger partial charge in [0.2, 0.25) is 5.91 Å². The second-order valence-electron chi connectivity index (χ2n) is 5.02. The molecule has 1 aliphatic carbocycles. The fraction of sp³-hybridized carbons (Fsp3) is 0.917. The first kappa shape index (κ1) is 12.5. The van der Waals surface area contributed by atoms with E-state index in [0.29, 0.717) is 6.54 Å². The molecule has 2 unspecified atom stereocenters. The zero-order chi connectivity index (χ0) is 11.3. The highest BCUT2D eigenvalue weighted by Gasteiger charge is 2.22. The van der Waals surface area contributed by atoms with Crippen LogP contribution < -0.4 is 10.6 Å². The van der Waals surface area contributed by atoms with Crippen LogP contribution >= 0.6 is 0 Å². The van der Waals surface area contributed by atoms with Crippen molar-refractivity contribution in [3.8, 4) is 0 Å². The van der Waals surface area contributed by atoms with Gasteiger partial charge in [0.1, 0.15) is 0 Å². The normalized spacial score (nSPS) is 25.9. The monoisotopic (exact) mass is 212 g/mol. The highest BCUT2D eigenvalue weighted by Crippen LogP contribution is 2.30. The first-order valence-corrected chi connectivity index (χ1v) is 6.09. The fourth-order valence-corrected chi connectivity index (χ4v) is 2.27. The molecule has 0 saturated heterocycles. The second-order valence-corrected chi connectivity index (χ2v) is 5.02. The van der Waals surface area contributed by atoms with Gasteiger partial charge in [-0.2, -0.15) is 0 Å². The van der Waals surface area contributed by atoms with Crippen LogP contribution in [-0.4, -0.2) is 25.0 Å². The minimum absolute atomic E-state index is 0.107. The molecule has 0 heterocycles. The van der Waals surface area contributed by atoms with Crippen molar-refractivity contribution >= 4 is 5.91 Å². The molecule has 1 rings (SSSR count). The van der Waals surface area contributed by atoms with Crippen molar-refractivity contribution in [2.24, 2.45) is 11.8 Å². The molecule has 0 aromatic rings. The topological polar surface area (TPSA) is 41.1 Å². The van der Waals surface area contributed by atoms with Crippen LogP contribution in [0.3, 0.4) is 0 Å². The molecule has 3 heteroatoms. The smallest absolute Gasteiger partial charge is 0.234 e. The lowest BCUT2D eigenvalue weighted by Crippen LogP contribution is -2.39. The van der Waals surface area contributed by atoms with Gasteiger partial charge in [0.05, 0.1) is 6.54 Å². The molecule has 0 aliphatic heterocycles. The summed E-state index contributed by atoms with van der Waals surface area (Å²) in [5, 5.41) is 6.13. The molecule has 0 radical (unpaired) electrons. The van der Waals surface area contributed by atoms with Crippen molar-refractivity contribution in [2.45, 2.75) is 46.1 Å². The number of nitrogens with one attached hydrogen (secondary N) is 2. The molecule has 2 atom stereocenters. The van der Waals surface area contributed by atoms with Crippen LogP contribution in [0.1, 0.15) is 40.0 Å². The van der Waals surface area contributed by atoms with Gasteiger partial charge in [0, 0.05) is 6.04 Å². The summed E-state index contributed by atoms with van der Waals surface area (Å²) in [6.45, 7) is 7.73. The van der Waals surface area contributed by atoms with E-state index in [1.165, 1.54) is 19.3 Å². The van der Waals surface area contributed by atoms with E-state index >= 15 is 0 Å². The van der Waals surface area contributed by atoms with E-state index in [2.05, 4.69) is 17.6 Å². The van der Waals surface area contributed by atoms with Crippen molar-refractivity contribution in [1.29, 1.82) is 0 Å². The summed E-state index contributed by atoms with van der Waals surface area (Å²) in [5.41, 5.74) is 0. The Balaban J connectivity index is 2.08. The SMILES string of the molecule is CC(C)NC(=O)CNCC1CCCC1C. The van der Waals surface area contributed by atoms with Gasteiger partial charge in [0.25, 0.3) is 0 Å². The van der Waals surface area contributed by atoms with Crippen LogP contribution in [0.15, 0.2) is 0 Å². The third-order valence-corrected chi connectivity index (χ3v) is 3.18. The molecule has 3 nitrogen and oxygen atoms in total. The molecule has 2 N–H and O–H groups in total. The maximum Gasteiger partial charge on any atom is 0.234 e. The molecular weight excluding hydrogens is 188 g/mol. The summed E-state index contributed by atoms with van der Waals surface area (Å²) in [5.74, 6) is 1.71. The lowest BCUT2D eigenvalue weighted by Gasteiger charge is -2.16. The van der Waals surface area contributed by atoms with Crippen molar-refractivity contribution in [3.63, 3.8) is 0 Å². The van der Waals surface area contributed by atoms with E-state index in [9.17, 15) is 4.79 Å². The lowest BCUT2D eigenvalue weighted by molar-refractivity contribution is -0.120. The molecule has 1 amide bonds. The highest BCUT2D eigenvalue weighted by atomic mass is 16.1. The van der Waals surface area contributed by atoms with Crippen molar-refractivity contribution in [2.75, 3.05) is 13.1 Å². The van der Waals surface area contributed by atoms with Crippen molar-refractivity contribution < 1.29 is 4.79 Å². The molecule has 88 valence electrons. The maximum atomic E-state index is 11.3. The summed E-state index contributed by atoms with van der Waals surface area (Å²) >= 11 is 0. The Morgan fingerprint density at radius 3 is 2.67 bits per heavy atom. The molecule has 0 bridgehead atoms. The quantitative estimate of drug-likeness (QED) is 0.726. The number of hydrogen-bond acceptors (Lipinski definition) is 2. The van der Waals surface area contributed by atoms with Gasteiger partial charge in [-0.3, -0.25) is 4.79 Å². The van der Waals surface area contributed by atoms with Crippen LogP contribution in [-0.2, 0) is 4.79 Å². The summed E-state index contributed by atoms with van der Waals surface area (Å²) in [6.07, 6.45) is 4.02. The Bertz CT molecular complexity index is 204. The van der Waals surface area contributed by atoms with Gasteiger partial charge in [-0.25, -0.2) is 0 Å². The van der Waals surface area contributed by atoms with Crippen LogP contribution in [0.2, 0.25) is 0 Å². The number of carbonyl (C=O) groups excluding carboxylic acids is 1. The lowest BCUT2D eigenvalue weighted by atomic mass is 9.98. The predicted octanol–water partition coefficient (Wildman–Crippen LogP) is 1.54. The first-order valence-electron chi connectivity index (χ1n) is 6.09. The third-order valence-electron chi connectivity index (χ3n) is 3.18. The van der Waals surface area contributed by atoms with Crippen molar-refractivity contribution in [1.82, 2.24) is 10.6 Å². The fourth-order valence-electron chi connectivity index (χ4n) is 2.27. The number of hydrogen-bond donors (Lipinski definition) is 2. The summed E-state index contributed by atoms with van der Waals surface area (Å²) < 4.78 is 0. The molecule has 0 aromatic heterocycles. The van der Waals surface area contributed by atoms with Crippen LogP contribution in [0.25, 0.3) is 0 Å². The van der Waals surface area contributed by atoms with Gasteiger partial charge < -0.3 is 10.6 Å². The average Bonchev–Trinajstić information content (AvgIpc) is 2.50. The summed E-state index contributed by atoms with van der Waals surface area (Å²) in [7, 11) is 0. The van der Waals surface area contributed by atoms with E-state index in [1.807, 2.05) is 13.8 Å². The summed E-state index contributed by atoms with van der Waals surface area (Å²) in [6, 6.07) is 0.240. The Kier molecular flexibility index (Phi) is 5.09. The summed E-state index contributed by atoms with van der Waals surface area (Å²) in [4.78, 5) is 11.3. The van der Waals surface area contributed by atoms with E-state index in [1.54, 1.807) is 0 Å². The van der Waals surface area contributed by atoms with E-state index in [0.717, 1.165) is 18.4 Å². The third kappa shape index (κ3) is 4.65. The largest absolute Gasteiger partial charge is 0.353 e. The predicted molar refractivity (Wildman–Crippen MR) is 62.7 cm³/mol. The van der Waals surface area contributed by atoms with Crippen LogP contribution in [0.4, 0.5) is 0 Å². The Morgan fingerprint density at radius 2 is 2.13 bits per heavy atom. The number of rotatable bonds is 5. The molecule has 0 aromatic carbocycles. The van der Waals surface area contributed by atoms with Gasteiger partial charge in [0.15, 0.2) is 0 Å². The van der Waals surface area contributed by atoms with Crippen LogP contribution in [0, 0.1) is 11.8 Å². The van der Waals surface area contributed by atoms with Gasteiger partial charge in [-0.1, -0.05) is 19.8 Å². The highest BCUT2D eigenvalue weighted by molar-refractivity contribution is 5.78.